The standard InChI is InChI=1S/C45H44B16N6/c46-23-19-20-24(47)28(51)32(55)36(59)40(20)66(39(19)35(58)31(54)27(23)50)44-62-43(15-9-3-6-12-18(15)65-16-10-4-1-7-13(16)14-8-2-5-11-17(14)65)63-45(64-44)67-41-21(25(48)29(52)33(56)37(41)60)22-26(49)30(53)34(57)38(61)42(22)67/h1-12H,46-61H2. The number of nitrogens with zero attached hydrogens (tertiary/aromatic N) is 6. The van der Waals surface area contributed by atoms with Gasteiger partial charge in [-0.15, -0.1) is 21.9 Å². The minimum atomic E-state index is 0.611. The normalized spacial score (nSPS) is 11.9. The highest BCUT2D eigenvalue weighted by Crippen LogP contribution is 2.36. The molecular weight excluding hydrogens is 798 g/mol. The Kier molecular flexibility index (Phi) is 9.91. The summed E-state index contributed by atoms with van der Waals surface area (Å²) < 4.78 is 7.20. The monoisotopic (exact) mass is 845 g/mol. The van der Waals surface area contributed by atoms with Crippen LogP contribution in [0.25, 0.3) is 94.4 Å². The predicted octanol–water partition coefficient (Wildman–Crippen LogP) is -17.0. The summed E-state index contributed by atoms with van der Waals surface area (Å²) >= 11 is 0. The summed E-state index contributed by atoms with van der Waals surface area (Å²) in [4.78, 5) is 17.3. The van der Waals surface area contributed by atoms with Crippen LogP contribution >= 0.6 is 0 Å². The first-order valence-corrected chi connectivity index (χ1v) is 23.8. The Morgan fingerprint density at radius 1 is 0.284 bits per heavy atom. The van der Waals surface area contributed by atoms with Gasteiger partial charge in [0.15, 0.2) is 5.82 Å². The van der Waals surface area contributed by atoms with Gasteiger partial charge in [-0.3, -0.25) is 9.13 Å². The summed E-state index contributed by atoms with van der Waals surface area (Å²) in [5.41, 5.74) is 29.5. The third-order valence-electron chi connectivity index (χ3n) is 17.0. The van der Waals surface area contributed by atoms with Crippen molar-refractivity contribution in [2.75, 3.05) is 0 Å². The molecule has 0 amide bonds. The van der Waals surface area contributed by atoms with Crippen LogP contribution in [-0.4, -0.2) is 154 Å². The largest absolute Gasteiger partial charge is 0.309 e. The van der Waals surface area contributed by atoms with Gasteiger partial charge in [-0.2, -0.15) is 15.0 Å². The molecule has 0 aliphatic carbocycles. The zero-order valence-corrected chi connectivity index (χ0v) is 42.1. The first-order valence-electron chi connectivity index (χ1n) is 23.8. The molecule has 6 nitrogen and oxygen atoms in total. The van der Waals surface area contributed by atoms with Gasteiger partial charge >= 0.3 is 0 Å². The molecule has 22 heteroatoms. The molecule has 0 bridgehead atoms. The van der Waals surface area contributed by atoms with E-state index in [4.69, 9.17) is 15.0 Å². The van der Waals surface area contributed by atoms with Crippen molar-refractivity contribution in [1.82, 2.24) is 28.7 Å². The highest BCUT2D eigenvalue weighted by molar-refractivity contribution is 6.73. The third-order valence-corrected chi connectivity index (χ3v) is 17.0. The van der Waals surface area contributed by atoms with Crippen LogP contribution in [0.15, 0.2) is 72.8 Å². The van der Waals surface area contributed by atoms with Crippen molar-refractivity contribution < 1.29 is 0 Å². The number of hydrogen-bond acceptors (Lipinski definition) is 3. The number of hydrogen-bond donors (Lipinski definition) is 0. The summed E-state index contributed by atoms with van der Waals surface area (Å²) in [7, 11) is 36.5. The summed E-state index contributed by atoms with van der Waals surface area (Å²) in [5.74, 6) is 1.84. The van der Waals surface area contributed by atoms with Gasteiger partial charge in [-0.25, -0.2) is 0 Å². The number of aromatic nitrogens is 6. The molecule has 0 saturated heterocycles. The van der Waals surface area contributed by atoms with Crippen LogP contribution in [-0.2, 0) is 0 Å². The molecule has 0 spiro atoms. The maximum Gasteiger partial charge on any atom is 0.240 e. The quantitative estimate of drug-likeness (QED) is 0.166. The van der Waals surface area contributed by atoms with Gasteiger partial charge in [0.25, 0.3) is 0 Å². The lowest BCUT2D eigenvalue weighted by Gasteiger charge is -2.19. The van der Waals surface area contributed by atoms with E-state index in [1.807, 2.05) is 0 Å². The molecule has 0 unspecified atom stereocenters. The summed E-state index contributed by atoms with van der Waals surface area (Å²) in [5, 5.41) is 7.53. The lowest BCUT2D eigenvalue weighted by molar-refractivity contribution is 0.894. The summed E-state index contributed by atoms with van der Waals surface area (Å²) in [6, 6.07) is 26.1. The summed E-state index contributed by atoms with van der Waals surface area (Å²) in [6.45, 7) is 0. The molecule has 0 atom stereocenters. The second-order valence-electron chi connectivity index (χ2n) is 19.7. The van der Waals surface area contributed by atoms with Crippen LogP contribution in [0, 0.1) is 0 Å². The van der Waals surface area contributed by atoms with Crippen LogP contribution < -0.4 is 87.4 Å². The molecule has 0 fully saturated rings. The van der Waals surface area contributed by atoms with Gasteiger partial charge in [0.1, 0.15) is 126 Å². The first-order chi connectivity index (χ1) is 32.0. The van der Waals surface area contributed by atoms with Crippen LogP contribution in [0.5, 0.6) is 0 Å². The van der Waals surface area contributed by atoms with Crippen molar-refractivity contribution in [3.8, 4) is 29.0 Å². The molecular formula is C45H44B16N6. The fourth-order valence-electron chi connectivity index (χ4n) is 11.9. The molecule has 0 aliphatic rings. The van der Waals surface area contributed by atoms with Gasteiger partial charge in [0, 0.05) is 38.4 Å². The van der Waals surface area contributed by atoms with Crippen LogP contribution in [0.3, 0.4) is 0 Å². The molecule has 0 N–H and O–H groups in total. The fraction of sp³-hybridized carbons (Fsp3) is 0. The maximum atomic E-state index is 5.83. The Labute approximate surface area is 406 Å². The molecule has 11 rings (SSSR count). The number of fused-ring (bicyclic) bond motifs is 9. The molecule has 11 aromatic rings. The average molecular weight is 842 g/mol. The fourth-order valence-corrected chi connectivity index (χ4v) is 11.9. The van der Waals surface area contributed by atoms with E-state index in [0.29, 0.717) is 17.7 Å². The van der Waals surface area contributed by atoms with E-state index in [0.717, 1.165) is 44.4 Å². The van der Waals surface area contributed by atoms with E-state index in [1.54, 1.807) is 0 Å². The number of benzene rings is 7. The second-order valence-corrected chi connectivity index (χ2v) is 19.7. The van der Waals surface area contributed by atoms with Crippen molar-refractivity contribution in [3.63, 3.8) is 0 Å². The maximum absolute atomic E-state index is 5.83. The molecule has 4 heterocycles. The average Bonchev–Trinajstić information content (AvgIpc) is 4.01. The van der Waals surface area contributed by atoms with Gasteiger partial charge < -0.3 is 4.57 Å². The van der Waals surface area contributed by atoms with E-state index in [9.17, 15) is 0 Å². The Bertz CT molecular complexity index is 3690. The van der Waals surface area contributed by atoms with Crippen LogP contribution in [0.1, 0.15) is 0 Å². The van der Waals surface area contributed by atoms with E-state index in [1.165, 1.54) is 120 Å². The first kappa shape index (κ1) is 43.6. The molecule has 67 heavy (non-hydrogen) atoms. The van der Waals surface area contributed by atoms with Gasteiger partial charge in [0.05, 0.1) is 16.7 Å². The second kappa shape index (κ2) is 15.3. The SMILES string of the molecule is Bc1c(B)c(B)c2c(c1B)c1c(B)c(B)c(B)c(B)c1n2-c1nc(-c2ccccc2-n2c3ccccc3c3ccccc32)nc(-n2c3c(B)c(B)c(B)c(B)c3c3c(B)c(B)c(B)c(B)c32)n1. The number of rotatable bonds is 4. The van der Waals surface area contributed by atoms with E-state index in [-0.39, 0.29) is 0 Å². The highest BCUT2D eigenvalue weighted by Gasteiger charge is 2.29. The van der Waals surface area contributed by atoms with Gasteiger partial charge in [-0.1, -0.05) is 114 Å². The van der Waals surface area contributed by atoms with Crippen LogP contribution in [0.2, 0.25) is 0 Å². The molecule has 0 aliphatic heterocycles. The number of para-hydroxylation sites is 3. The topological polar surface area (TPSA) is 53.5 Å². The van der Waals surface area contributed by atoms with E-state index in [2.05, 4.69) is 212 Å². The lowest BCUT2D eigenvalue weighted by Crippen LogP contribution is -2.49. The Morgan fingerprint density at radius 2 is 0.582 bits per heavy atom. The lowest BCUT2D eigenvalue weighted by atomic mass is 9.63. The minimum Gasteiger partial charge on any atom is -0.309 e. The Hall–Kier alpha value is -6.01. The van der Waals surface area contributed by atoms with Crippen LogP contribution in [0.4, 0.5) is 0 Å². The minimum absolute atomic E-state index is 0.611. The van der Waals surface area contributed by atoms with Crippen molar-refractivity contribution >= 4 is 278 Å². The van der Waals surface area contributed by atoms with Crippen molar-refractivity contribution in [2.24, 2.45) is 0 Å². The molecule has 0 radical (unpaired) electrons. The zero-order chi connectivity index (χ0) is 47.4. The van der Waals surface area contributed by atoms with Gasteiger partial charge in [-0.05, 0) is 45.8 Å². The van der Waals surface area contributed by atoms with Gasteiger partial charge in [0.2, 0.25) is 11.9 Å². The Morgan fingerprint density at radius 3 is 0.940 bits per heavy atom. The smallest absolute Gasteiger partial charge is 0.240 e. The van der Waals surface area contributed by atoms with E-state index < -0.39 is 0 Å². The van der Waals surface area contributed by atoms with Crippen molar-refractivity contribution in [3.05, 3.63) is 72.8 Å². The molecule has 7 aromatic carbocycles. The van der Waals surface area contributed by atoms with Crippen molar-refractivity contribution in [2.45, 2.75) is 0 Å². The predicted molar refractivity (Wildman–Crippen MR) is 339 cm³/mol. The van der Waals surface area contributed by atoms with E-state index >= 15 is 0 Å². The molecule has 302 valence electrons. The van der Waals surface area contributed by atoms with Crippen molar-refractivity contribution in [1.29, 1.82) is 0 Å². The molecule has 4 aromatic heterocycles. The highest BCUT2D eigenvalue weighted by atomic mass is 15.3. The zero-order valence-electron chi connectivity index (χ0n) is 42.1. The molecule has 0 saturated carbocycles. The Balaban J connectivity index is 1.38. The summed E-state index contributed by atoms with van der Waals surface area (Å²) in [6.07, 6.45) is 0. The third kappa shape index (κ3) is 5.77.